The molecular formula is C15H16N4O. The summed E-state index contributed by atoms with van der Waals surface area (Å²) in [6.45, 7) is 0. The first-order valence-corrected chi connectivity index (χ1v) is 6.98. The number of pyridine rings is 1. The van der Waals surface area contributed by atoms with E-state index in [1.165, 1.54) is 0 Å². The number of aromatic nitrogens is 4. The summed E-state index contributed by atoms with van der Waals surface area (Å²) in [5.74, 6) is 0.866. The fourth-order valence-electron chi connectivity index (χ4n) is 3.14. The molecule has 5 heteroatoms. The van der Waals surface area contributed by atoms with Crippen molar-refractivity contribution in [2.75, 3.05) is 0 Å². The SMILES string of the molecule is O[C@H]1CCC[C@@H]1n1ccnc1-c1cccc2ccnn12. The highest BCUT2D eigenvalue weighted by Crippen LogP contribution is 2.33. The van der Waals surface area contributed by atoms with E-state index in [2.05, 4.69) is 14.6 Å². The Labute approximate surface area is 116 Å². The van der Waals surface area contributed by atoms with Crippen LogP contribution in [0.1, 0.15) is 25.3 Å². The van der Waals surface area contributed by atoms with Crippen molar-refractivity contribution in [3.8, 4) is 11.5 Å². The van der Waals surface area contributed by atoms with Crippen molar-refractivity contribution >= 4 is 5.52 Å². The van der Waals surface area contributed by atoms with Crippen molar-refractivity contribution in [2.45, 2.75) is 31.4 Å². The molecule has 3 aromatic heterocycles. The van der Waals surface area contributed by atoms with Crippen LogP contribution in [0.25, 0.3) is 17.0 Å². The first kappa shape index (κ1) is 11.7. The van der Waals surface area contributed by atoms with Gasteiger partial charge in [-0.25, -0.2) is 9.50 Å². The molecule has 0 saturated heterocycles. The molecule has 0 radical (unpaired) electrons. The second kappa shape index (κ2) is 4.45. The summed E-state index contributed by atoms with van der Waals surface area (Å²) >= 11 is 0. The van der Waals surface area contributed by atoms with Crippen molar-refractivity contribution in [3.05, 3.63) is 42.9 Å². The van der Waals surface area contributed by atoms with Gasteiger partial charge in [0.2, 0.25) is 0 Å². The highest BCUT2D eigenvalue weighted by Gasteiger charge is 2.28. The Balaban J connectivity index is 1.87. The molecule has 0 aliphatic heterocycles. The molecule has 102 valence electrons. The summed E-state index contributed by atoms with van der Waals surface area (Å²) in [6.07, 6.45) is 8.19. The third-order valence-electron chi connectivity index (χ3n) is 4.12. The molecule has 3 heterocycles. The molecule has 1 N–H and O–H groups in total. The Hall–Kier alpha value is -2.14. The van der Waals surface area contributed by atoms with Gasteiger partial charge in [-0.3, -0.25) is 0 Å². The number of fused-ring (bicyclic) bond motifs is 1. The van der Waals surface area contributed by atoms with E-state index in [1.807, 2.05) is 35.0 Å². The van der Waals surface area contributed by atoms with Crippen molar-refractivity contribution < 1.29 is 5.11 Å². The lowest BCUT2D eigenvalue weighted by Gasteiger charge is -2.19. The number of aliphatic hydroxyl groups is 1. The van der Waals surface area contributed by atoms with Gasteiger partial charge in [0.15, 0.2) is 5.82 Å². The molecule has 0 aromatic carbocycles. The summed E-state index contributed by atoms with van der Waals surface area (Å²) in [5, 5.41) is 14.5. The fourth-order valence-corrected chi connectivity index (χ4v) is 3.14. The van der Waals surface area contributed by atoms with Gasteiger partial charge >= 0.3 is 0 Å². The normalized spacial score (nSPS) is 22.6. The van der Waals surface area contributed by atoms with Crippen LogP contribution in [0.15, 0.2) is 42.9 Å². The molecule has 1 aliphatic rings. The van der Waals surface area contributed by atoms with Crippen LogP contribution in [0.3, 0.4) is 0 Å². The molecular weight excluding hydrogens is 252 g/mol. The summed E-state index contributed by atoms with van der Waals surface area (Å²) in [5.41, 5.74) is 2.00. The largest absolute Gasteiger partial charge is 0.391 e. The minimum absolute atomic E-state index is 0.123. The maximum Gasteiger partial charge on any atom is 0.159 e. The van der Waals surface area contributed by atoms with E-state index in [0.717, 1.165) is 36.3 Å². The second-order valence-electron chi connectivity index (χ2n) is 5.30. The van der Waals surface area contributed by atoms with E-state index in [4.69, 9.17) is 0 Å². The number of aliphatic hydroxyl groups excluding tert-OH is 1. The summed E-state index contributed by atoms with van der Waals surface area (Å²) in [4.78, 5) is 4.49. The lowest BCUT2D eigenvalue weighted by molar-refractivity contribution is 0.137. The second-order valence-corrected chi connectivity index (χ2v) is 5.30. The van der Waals surface area contributed by atoms with Gasteiger partial charge in [0.05, 0.1) is 23.9 Å². The highest BCUT2D eigenvalue weighted by atomic mass is 16.3. The number of nitrogens with zero attached hydrogens (tertiary/aromatic N) is 4. The van der Waals surface area contributed by atoms with Gasteiger partial charge in [0.25, 0.3) is 0 Å². The standard InChI is InChI=1S/C15H16N4O/c20-14-6-2-4-12(14)18-10-9-16-15(18)13-5-1-3-11-7-8-17-19(11)13/h1,3,5,7-10,12,14,20H,2,4,6H2/t12-,14-/m0/s1. The molecule has 0 amide bonds. The van der Waals surface area contributed by atoms with Crippen molar-refractivity contribution in [2.24, 2.45) is 0 Å². The maximum atomic E-state index is 10.1. The van der Waals surface area contributed by atoms with Gasteiger partial charge in [0, 0.05) is 12.4 Å². The summed E-state index contributed by atoms with van der Waals surface area (Å²) < 4.78 is 3.98. The van der Waals surface area contributed by atoms with Crippen LogP contribution < -0.4 is 0 Å². The predicted molar refractivity (Wildman–Crippen MR) is 75.3 cm³/mol. The van der Waals surface area contributed by atoms with E-state index in [0.29, 0.717) is 0 Å². The maximum absolute atomic E-state index is 10.1. The molecule has 1 saturated carbocycles. The van der Waals surface area contributed by atoms with Gasteiger partial charge < -0.3 is 9.67 Å². The van der Waals surface area contributed by atoms with Crippen LogP contribution in [0, 0.1) is 0 Å². The molecule has 1 fully saturated rings. The van der Waals surface area contributed by atoms with Gasteiger partial charge in [-0.1, -0.05) is 6.07 Å². The lowest BCUT2D eigenvalue weighted by atomic mass is 10.2. The average molecular weight is 268 g/mol. The highest BCUT2D eigenvalue weighted by molar-refractivity contribution is 5.59. The van der Waals surface area contributed by atoms with E-state index in [1.54, 1.807) is 12.4 Å². The smallest absolute Gasteiger partial charge is 0.159 e. The third-order valence-corrected chi connectivity index (χ3v) is 4.12. The number of imidazole rings is 1. The minimum atomic E-state index is -0.278. The van der Waals surface area contributed by atoms with Crippen LogP contribution in [0.4, 0.5) is 0 Å². The Bertz CT molecular complexity index is 745. The molecule has 2 atom stereocenters. The number of hydrogen-bond acceptors (Lipinski definition) is 3. The first-order chi connectivity index (χ1) is 9.84. The van der Waals surface area contributed by atoms with Gasteiger partial charge in [-0.2, -0.15) is 5.10 Å². The summed E-state index contributed by atoms with van der Waals surface area (Å²) in [7, 11) is 0. The molecule has 0 spiro atoms. The molecule has 1 aliphatic carbocycles. The predicted octanol–water partition coefficient (Wildman–Crippen LogP) is 2.28. The Morgan fingerprint density at radius 2 is 2.10 bits per heavy atom. The van der Waals surface area contributed by atoms with Crippen molar-refractivity contribution in [1.82, 2.24) is 19.2 Å². The first-order valence-electron chi connectivity index (χ1n) is 6.98. The molecule has 20 heavy (non-hydrogen) atoms. The van der Waals surface area contributed by atoms with Gasteiger partial charge in [-0.15, -0.1) is 0 Å². The van der Waals surface area contributed by atoms with Crippen LogP contribution in [0.2, 0.25) is 0 Å². The Morgan fingerprint density at radius 3 is 2.95 bits per heavy atom. The van der Waals surface area contributed by atoms with Crippen molar-refractivity contribution in [3.63, 3.8) is 0 Å². The minimum Gasteiger partial charge on any atom is -0.391 e. The van der Waals surface area contributed by atoms with E-state index in [-0.39, 0.29) is 12.1 Å². The van der Waals surface area contributed by atoms with E-state index in [9.17, 15) is 5.11 Å². The molecule has 0 bridgehead atoms. The van der Waals surface area contributed by atoms with E-state index < -0.39 is 0 Å². The molecule has 5 nitrogen and oxygen atoms in total. The van der Waals surface area contributed by atoms with Crippen molar-refractivity contribution in [1.29, 1.82) is 0 Å². The quantitative estimate of drug-likeness (QED) is 0.775. The van der Waals surface area contributed by atoms with Gasteiger partial charge in [-0.05, 0) is 37.5 Å². The Kier molecular flexibility index (Phi) is 2.60. The molecule has 4 rings (SSSR count). The Morgan fingerprint density at radius 1 is 1.15 bits per heavy atom. The monoisotopic (exact) mass is 268 g/mol. The number of rotatable bonds is 2. The number of hydrogen-bond donors (Lipinski definition) is 1. The topological polar surface area (TPSA) is 55.3 Å². The zero-order valence-corrected chi connectivity index (χ0v) is 11.1. The molecule has 3 aromatic rings. The summed E-state index contributed by atoms with van der Waals surface area (Å²) in [6, 6.07) is 8.14. The van der Waals surface area contributed by atoms with Crippen LogP contribution in [0.5, 0.6) is 0 Å². The van der Waals surface area contributed by atoms with Gasteiger partial charge in [0.1, 0.15) is 5.69 Å². The van der Waals surface area contributed by atoms with Crippen LogP contribution in [-0.2, 0) is 0 Å². The fraction of sp³-hybridized carbons (Fsp3) is 0.333. The van der Waals surface area contributed by atoms with Crippen LogP contribution in [-0.4, -0.2) is 30.4 Å². The molecule has 0 unspecified atom stereocenters. The average Bonchev–Trinajstić information content (AvgIpc) is 3.17. The third kappa shape index (κ3) is 1.67. The van der Waals surface area contributed by atoms with Crippen LogP contribution >= 0.6 is 0 Å². The zero-order chi connectivity index (χ0) is 13.5. The lowest BCUT2D eigenvalue weighted by Crippen LogP contribution is -2.19. The van der Waals surface area contributed by atoms with E-state index >= 15 is 0 Å². The zero-order valence-electron chi connectivity index (χ0n) is 11.1.